The van der Waals surface area contributed by atoms with E-state index in [1.165, 1.54) is 10.8 Å². The van der Waals surface area contributed by atoms with Gasteiger partial charge in [-0.05, 0) is 17.3 Å². The summed E-state index contributed by atoms with van der Waals surface area (Å²) in [6, 6.07) is 0. The summed E-state index contributed by atoms with van der Waals surface area (Å²) in [5.41, 5.74) is 0.120. The number of hydrogen-bond acceptors (Lipinski definition) is 2. The first kappa shape index (κ1) is 12.7. The highest BCUT2D eigenvalue weighted by atomic mass is 127. The van der Waals surface area contributed by atoms with Crippen molar-refractivity contribution in [1.82, 2.24) is 0 Å². The van der Waals surface area contributed by atoms with Crippen LogP contribution < -0.4 is 0 Å². The molecule has 0 aliphatic heterocycles. The maximum absolute atomic E-state index is 5.24. The zero-order chi connectivity index (χ0) is 9.61. The molecule has 0 unspecified atom stereocenters. The second-order valence-corrected chi connectivity index (χ2v) is 4.66. The fourth-order valence-corrected chi connectivity index (χ4v) is 1.76. The highest BCUT2D eigenvalue weighted by molar-refractivity contribution is 14.1. The second kappa shape index (κ2) is 6.16. The molecule has 0 bridgehead atoms. The maximum atomic E-state index is 5.24. The minimum absolute atomic E-state index is 0.0829. The van der Waals surface area contributed by atoms with Crippen LogP contribution in [0.25, 0.3) is 0 Å². The Balaban J connectivity index is 3.96. The van der Waals surface area contributed by atoms with Crippen LogP contribution in [0, 0.1) is 5.41 Å². The van der Waals surface area contributed by atoms with Gasteiger partial charge in [0.2, 0.25) is 0 Å². The molecule has 0 aromatic heterocycles. The Morgan fingerprint density at radius 1 is 1.25 bits per heavy atom. The number of hydrogen-bond donors (Lipinski definition) is 0. The molecule has 0 saturated carbocycles. The second-order valence-electron chi connectivity index (χ2n) is 3.58. The first-order chi connectivity index (χ1) is 5.58. The predicted octanol–water partition coefficient (Wildman–Crippen LogP) is 2.85. The lowest BCUT2D eigenvalue weighted by molar-refractivity contribution is -0.169. The maximum Gasteiger partial charge on any atom is 0.161 e. The molecule has 12 heavy (non-hydrogen) atoms. The Labute approximate surface area is 89.1 Å². The van der Waals surface area contributed by atoms with E-state index in [2.05, 4.69) is 36.4 Å². The van der Waals surface area contributed by atoms with Crippen LogP contribution in [-0.2, 0) is 9.47 Å². The van der Waals surface area contributed by atoms with Crippen molar-refractivity contribution in [2.24, 2.45) is 5.41 Å². The van der Waals surface area contributed by atoms with Gasteiger partial charge >= 0.3 is 0 Å². The number of methoxy groups -OCH3 is 2. The molecule has 2 nitrogen and oxygen atoms in total. The average molecular weight is 286 g/mol. The van der Waals surface area contributed by atoms with Gasteiger partial charge < -0.3 is 9.47 Å². The molecule has 0 aromatic carbocycles. The first-order valence-electron chi connectivity index (χ1n) is 4.20. The van der Waals surface area contributed by atoms with Crippen LogP contribution in [0.5, 0.6) is 0 Å². The molecule has 0 spiro atoms. The van der Waals surface area contributed by atoms with Crippen molar-refractivity contribution < 1.29 is 9.47 Å². The highest BCUT2D eigenvalue weighted by Crippen LogP contribution is 2.29. The normalized spacial score (nSPS) is 12.5. The number of halogens is 1. The molecule has 0 N–H and O–H groups in total. The van der Waals surface area contributed by atoms with Crippen LogP contribution in [0.4, 0.5) is 0 Å². The molecular formula is C9H19IO2. The summed E-state index contributed by atoms with van der Waals surface area (Å²) < 4.78 is 11.7. The van der Waals surface area contributed by atoms with Gasteiger partial charge in [0.1, 0.15) is 0 Å². The van der Waals surface area contributed by atoms with Gasteiger partial charge in [0.05, 0.1) is 0 Å². The summed E-state index contributed by atoms with van der Waals surface area (Å²) in [5, 5.41) is 0. The lowest BCUT2D eigenvalue weighted by atomic mass is 9.87. The SMILES string of the molecule is COC(OC)C(C)(C)CCCI. The van der Waals surface area contributed by atoms with Crippen molar-refractivity contribution in [3.8, 4) is 0 Å². The van der Waals surface area contributed by atoms with E-state index in [4.69, 9.17) is 9.47 Å². The van der Waals surface area contributed by atoms with Crippen LogP contribution in [-0.4, -0.2) is 24.9 Å². The van der Waals surface area contributed by atoms with Gasteiger partial charge in [0.25, 0.3) is 0 Å². The Kier molecular flexibility index (Phi) is 6.49. The van der Waals surface area contributed by atoms with E-state index < -0.39 is 0 Å². The molecule has 0 heterocycles. The van der Waals surface area contributed by atoms with Gasteiger partial charge in [-0.15, -0.1) is 0 Å². The average Bonchev–Trinajstić information content (AvgIpc) is 2.03. The monoisotopic (exact) mass is 286 g/mol. The molecule has 74 valence electrons. The van der Waals surface area contributed by atoms with Crippen molar-refractivity contribution in [3.63, 3.8) is 0 Å². The summed E-state index contributed by atoms with van der Waals surface area (Å²) in [7, 11) is 3.39. The van der Waals surface area contributed by atoms with Gasteiger partial charge in [0.15, 0.2) is 6.29 Å². The largest absolute Gasteiger partial charge is 0.355 e. The number of rotatable bonds is 6. The van der Waals surface area contributed by atoms with Crippen molar-refractivity contribution in [1.29, 1.82) is 0 Å². The van der Waals surface area contributed by atoms with Gasteiger partial charge in [-0.25, -0.2) is 0 Å². The lowest BCUT2D eigenvalue weighted by Gasteiger charge is -2.31. The van der Waals surface area contributed by atoms with Crippen LogP contribution in [0.15, 0.2) is 0 Å². The topological polar surface area (TPSA) is 18.5 Å². The van der Waals surface area contributed by atoms with E-state index in [0.717, 1.165) is 6.42 Å². The molecule has 0 aliphatic rings. The third-order valence-corrected chi connectivity index (χ3v) is 2.78. The Morgan fingerprint density at radius 3 is 2.08 bits per heavy atom. The summed E-state index contributed by atoms with van der Waals surface area (Å²) in [4.78, 5) is 0. The molecule has 0 rings (SSSR count). The Bertz CT molecular complexity index is 111. The van der Waals surface area contributed by atoms with E-state index >= 15 is 0 Å². The first-order valence-corrected chi connectivity index (χ1v) is 5.72. The molecule has 0 amide bonds. The summed E-state index contributed by atoms with van der Waals surface area (Å²) >= 11 is 2.39. The molecule has 0 atom stereocenters. The Morgan fingerprint density at radius 2 is 1.75 bits per heavy atom. The quantitative estimate of drug-likeness (QED) is 0.424. The smallest absolute Gasteiger partial charge is 0.161 e. The van der Waals surface area contributed by atoms with E-state index in [-0.39, 0.29) is 11.7 Å². The number of alkyl halides is 1. The van der Waals surface area contributed by atoms with Crippen molar-refractivity contribution in [2.75, 3.05) is 18.6 Å². The third-order valence-electron chi connectivity index (χ3n) is 2.02. The molecule has 0 radical (unpaired) electrons. The van der Waals surface area contributed by atoms with Crippen LogP contribution in [0.2, 0.25) is 0 Å². The molecule has 3 heteroatoms. The van der Waals surface area contributed by atoms with E-state index in [1.807, 2.05) is 0 Å². The fraction of sp³-hybridized carbons (Fsp3) is 1.00. The lowest BCUT2D eigenvalue weighted by Crippen LogP contribution is -2.32. The van der Waals surface area contributed by atoms with Crippen LogP contribution in [0.1, 0.15) is 26.7 Å². The number of ether oxygens (including phenoxy) is 2. The van der Waals surface area contributed by atoms with Crippen molar-refractivity contribution in [3.05, 3.63) is 0 Å². The van der Waals surface area contributed by atoms with E-state index in [9.17, 15) is 0 Å². The summed E-state index contributed by atoms with van der Waals surface area (Å²) in [6.45, 7) is 4.36. The molecule has 0 fully saturated rings. The van der Waals surface area contributed by atoms with Gasteiger partial charge in [-0.2, -0.15) is 0 Å². The molecule has 0 aliphatic carbocycles. The van der Waals surface area contributed by atoms with Gasteiger partial charge in [0, 0.05) is 19.6 Å². The minimum Gasteiger partial charge on any atom is -0.355 e. The fourth-order valence-electron chi connectivity index (χ4n) is 1.37. The zero-order valence-corrected chi connectivity index (χ0v) is 10.6. The van der Waals surface area contributed by atoms with Crippen molar-refractivity contribution in [2.45, 2.75) is 33.0 Å². The zero-order valence-electron chi connectivity index (χ0n) is 8.39. The highest BCUT2D eigenvalue weighted by Gasteiger charge is 2.28. The van der Waals surface area contributed by atoms with Gasteiger partial charge in [-0.1, -0.05) is 36.4 Å². The minimum atomic E-state index is -0.0829. The van der Waals surface area contributed by atoms with Gasteiger partial charge in [-0.3, -0.25) is 0 Å². The summed E-state index contributed by atoms with van der Waals surface area (Å²) in [5.74, 6) is 0. The van der Waals surface area contributed by atoms with Crippen molar-refractivity contribution >= 4 is 22.6 Å². The molecular weight excluding hydrogens is 267 g/mol. The van der Waals surface area contributed by atoms with Crippen LogP contribution in [0.3, 0.4) is 0 Å². The Hall–Kier alpha value is 0.650. The van der Waals surface area contributed by atoms with E-state index in [0.29, 0.717) is 0 Å². The standard InChI is InChI=1S/C9H19IO2/c1-9(2,6-5-7-10)8(11-3)12-4/h8H,5-7H2,1-4H3. The third kappa shape index (κ3) is 4.05. The van der Waals surface area contributed by atoms with Crippen LogP contribution >= 0.6 is 22.6 Å². The molecule has 0 saturated heterocycles. The van der Waals surface area contributed by atoms with E-state index in [1.54, 1.807) is 14.2 Å². The predicted molar refractivity (Wildman–Crippen MR) is 59.7 cm³/mol. The molecule has 0 aromatic rings. The summed E-state index contributed by atoms with van der Waals surface area (Å²) in [6.07, 6.45) is 2.28.